The van der Waals surface area contributed by atoms with Crippen LogP contribution in [0.2, 0.25) is 10.3 Å². The Hall–Kier alpha value is -1.92. The Bertz CT molecular complexity index is 692. The van der Waals surface area contributed by atoms with Gasteiger partial charge in [-0.3, -0.25) is 10.1 Å². The van der Waals surface area contributed by atoms with Crippen molar-refractivity contribution in [1.82, 2.24) is 9.97 Å². The molecule has 0 saturated carbocycles. The first-order valence-corrected chi connectivity index (χ1v) is 6.26. The normalized spacial score (nSPS) is 10.4. The van der Waals surface area contributed by atoms with Gasteiger partial charge in [0.1, 0.15) is 11.4 Å². The molecule has 0 radical (unpaired) electrons. The molecule has 0 unspecified atom stereocenters. The highest BCUT2D eigenvalue weighted by Crippen LogP contribution is 2.35. The minimum Gasteiger partial charge on any atom is -0.432 e. The highest BCUT2D eigenvalue weighted by molar-refractivity contribution is 6.32. The number of benzene rings is 1. The summed E-state index contributed by atoms with van der Waals surface area (Å²) in [6.07, 6.45) is 0. The molecule has 0 aliphatic rings. The fraction of sp³-hybridized carbons (Fsp3) is 0.167. The molecule has 0 amide bonds. The molecule has 0 bridgehead atoms. The molecular formula is C12H9Cl2N3O3. The van der Waals surface area contributed by atoms with Crippen LogP contribution in [0, 0.1) is 24.0 Å². The molecule has 1 aromatic carbocycles. The molecule has 0 N–H and O–H groups in total. The average molecular weight is 314 g/mol. The number of ether oxygens (including phenoxy) is 1. The van der Waals surface area contributed by atoms with E-state index >= 15 is 0 Å². The van der Waals surface area contributed by atoms with E-state index in [-0.39, 0.29) is 28.3 Å². The van der Waals surface area contributed by atoms with Gasteiger partial charge in [0.2, 0.25) is 5.28 Å². The SMILES string of the molecule is Cc1ccc(Cl)c(Oc2nc(Cl)nc(C)c2[N+](=O)[O-])c1. The van der Waals surface area contributed by atoms with Crippen molar-refractivity contribution in [1.29, 1.82) is 0 Å². The van der Waals surface area contributed by atoms with Crippen molar-refractivity contribution in [3.63, 3.8) is 0 Å². The van der Waals surface area contributed by atoms with Crippen molar-refractivity contribution >= 4 is 28.9 Å². The van der Waals surface area contributed by atoms with E-state index in [0.29, 0.717) is 5.02 Å². The van der Waals surface area contributed by atoms with Crippen LogP contribution in [0.3, 0.4) is 0 Å². The first kappa shape index (κ1) is 14.5. The summed E-state index contributed by atoms with van der Waals surface area (Å²) in [4.78, 5) is 17.9. The zero-order valence-electron chi connectivity index (χ0n) is 10.6. The lowest BCUT2D eigenvalue weighted by atomic mass is 10.2. The third-order valence-corrected chi connectivity index (χ3v) is 2.96. The predicted molar refractivity (Wildman–Crippen MR) is 74.7 cm³/mol. The first-order valence-electron chi connectivity index (χ1n) is 5.51. The maximum absolute atomic E-state index is 11.1. The standard InChI is InChI=1S/C12H9Cl2N3O3/c1-6-3-4-8(13)9(5-6)20-11-10(17(18)19)7(2)15-12(14)16-11/h3-5H,1-2H3. The lowest BCUT2D eigenvalue weighted by Gasteiger charge is -2.09. The molecule has 6 nitrogen and oxygen atoms in total. The lowest BCUT2D eigenvalue weighted by molar-refractivity contribution is -0.386. The van der Waals surface area contributed by atoms with Crippen molar-refractivity contribution in [3.05, 3.63) is 49.9 Å². The number of nitro groups is 1. The first-order chi connectivity index (χ1) is 9.38. The third-order valence-electron chi connectivity index (χ3n) is 2.47. The topological polar surface area (TPSA) is 78.2 Å². The Labute approximate surface area is 124 Å². The van der Waals surface area contributed by atoms with Crippen molar-refractivity contribution in [3.8, 4) is 11.6 Å². The zero-order chi connectivity index (χ0) is 14.9. The van der Waals surface area contributed by atoms with Crippen LogP contribution in [0.1, 0.15) is 11.3 Å². The molecule has 0 fully saturated rings. The maximum atomic E-state index is 11.1. The van der Waals surface area contributed by atoms with Crippen molar-refractivity contribution in [2.75, 3.05) is 0 Å². The molecular weight excluding hydrogens is 305 g/mol. The van der Waals surface area contributed by atoms with E-state index < -0.39 is 4.92 Å². The molecule has 1 aromatic heterocycles. The summed E-state index contributed by atoms with van der Waals surface area (Å²) in [5.74, 6) is 0.0314. The predicted octanol–water partition coefficient (Wildman–Crippen LogP) is 4.10. The Balaban J connectivity index is 2.53. The van der Waals surface area contributed by atoms with E-state index in [9.17, 15) is 10.1 Å². The Morgan fingerprint density at radius 3 is 2.60 bits per heavy atom. The Kier molecular flexibility index (Phi) is 4.06. The fourth-order valence-electron chi connectivity index (χ4n) is 1.58. The zero-order valence-corrected chi connectivity index (χ0v) is 12.1. The van der Waals surface area contributed by atoms with Crippen LogP contribution in [0.15, 0.2) is 18.2 Å². The quantitative estimate of drug-likeness (QED) is 0.484. The van der Waals surface area contributed by atoms with Crippen molar-refractivity contribution in [2.24, 2.45) is 0 Å². The van der Waals surface area contributed by atoms with Gasteiger partial charge < -0.3 is 4.74 Å². The molecule has 0 aliphatic heterocycles. The minimum atomic E-state index is -0.620. The van der Waals surface area contributed by atoms with Gasteiger partial charge in [-0.1, -0.05) is 17.7 Å². The number of aryl methyl sites for hydroxylation is 2. The van der Waals surface area contributed by atoms with E-state index in [1.807, 2.05) is 6.92 Å². The highest BCUT2D eigenvalue weighted by atomic mass is 35.5. The summed E-state index contributed by atoms with van der Waals surface area (Å²) in [5, 5.41) is 11.2. The Morgan fingerprint density at radius 2 is 1.95 bits per heavy atom. The van der Waals surface area contributed by atoms with Gasteiger partial charge in [0.15, 0.2) is 0 Å². The van der Waals surface area contributed by atoms with Crippen LogP contribution in [-0.4, -0.2) is 14.9 Å². The second-order valence-corrected chi connectivity index (χ2v) is 4.77. The monoisotopic (exact) mass is 313 g/mol. The third kappa shape index (κ3) is 2.97. The van der Waals surface area contributed by atoms with Gasteiger partial charge in [0, 0.05) is 0 Å². The van der Waals surface area contributed by atoms with Crippen LogP contribution in [-0.2, 0) is 0 Å². The molecule has 2 rings (SSSR count). The van der Waals surface area contributed by atoms with E-state index in [1.165, 1.54) is 6.92 Å². The molecule has 0 saturated heterocycles. The van der Waals surface area contributed by atoms with Crippen LogP contribution in [0.4, 0.5) is 5.69 Å². The summed E-state index contributed by atoms with van der Waals surface area (Å²) in [6, 6.07) is 5.08. The average Bonchev–Trinajstić information content (AvgIpc) is 2.32. The van der Waals surface area contributed by atoms with E-state index in [0.717, 1.165) is 5.56 Å². The largest absolute Gasteiger partial charge is 0.432 e. The second-order valence-electron chi connectivity index (χ2n) is 4.02. The van der Waals surface area contributed by atoms with E-state index in [2.05, 4.69) is 9.97 Å². The number of hydrogen-bond acceptors (Lipinski definition) is 5. The fourth-order valence-corrected chi connectivity index (χ4v) is 1.94. The minimum absolute atomic E-state index is 0.119. The van der Waals surface area contributed by atoms with Crippen molar-refractivity contribution < 1.29 is 9.66 Å². The summed E-state index contributed by atoms with van der Waals surface area (Å²) < 4.78 is 5.43. The Morgan fingerprint density at radius 1 is 1.25 bits per heavy atom. The molecule has 0 spiro atoms. The summed E-state index contributed by atoms with van der Waals surface area (Å²) >= 11 is 11.7. The van der Waals surface area contributed by atoms with E-state index in [1.54, 1.807) is 18.2 Å². The van der Waals surface area contributed by atoms with Crippen LogP contribution < -0.4 is 4.74 Å². The van der Waals surface area contributed by atoms with Crippen LogP contribution >= 0.6 is 23.2 Å². The second kappa shape index (κ2) is 5.60. The van der Waals surface area contributed by atoms with E-state index in [4.69, 9.17) is 27.9 Å². The smallest absolute Gasteiger partial charge is 0.352 e. The van der Waals surface area contributed by atoms with Crippen LogP contribution in [0.5, 0.6) is 11.6 Å². The van der Waals surface area contributed by atoms with Gasteiger partial charge in [-0.05, 0) is 43.1 Å². The van der Waals surface area contributed by atoms with Crippen molar-refractivity contribution in [2.45, 2.75) is 13.8 Å². The number of halogens is 2. The molecule has 0 aliphatic carbocycles. The maximum Gasteiger partial charge on any atom is 0.352 e. The molecule has 0 atom stereocenters. The number of nitrogens with zero attached hydrogens (tertiary/aromatic N) is 3. The van der Waals surface area contributed by atoms with Gasteiger partial charge in [0.25, 0.3) is 0 Å². The molecule has 20 heavy (non-hydrogen) atoms. The highest BCUT2D eigenvalue weighted by Gasteiger charge is 2.24. The number of hydrogen-bond donors (Lipinski definition) is 0. The van der Waals surface area contributed by atoms with Crippen LogP contribution in [0.25, 0.3) is 0 Å². The number of aromatic nitrogens is 2. The number of rotatable bonds is 3. The van der Waals surface area contributed by atoms with Gasteiger partial charge in [-0.25, -0.2) is 4.98 Å². The van der Waals surface area contributed by atoms with Gasteiger partial charge in [0.05, 0.1) is 9.95 Å². The molecule has 104 valence electrons. The summed E-state index contributed by atoms with van der Waals surface area (Å²) in [5.41, 5.74) is 0.671. The molecule has 1 heterocycles. The molecule has 8 heteroatoms. The summed E-state index contributed by atoms with van der Waals surface area (Å²) in [7, 11) is 0. The molecule has 2 aromatic rings. The van der Waals surface area contributed by atoms with Gasteiger partial charge >= 0.3 is 11.6 Å². The van der Waals surface area contributed by atoms with Gasteiger partial charge in [-0.2, -0.15) is 4.98 Å². The lowest BCUT2D eigenvalue weighted by Crippen LogP contribution is -2.01. The summed E-state index contributed by atoms with van der Waals surface area (Å²) in [6.45, 7) is 3.30. The van der Waals surface area contributed by atoms with Gasteiger partial charge in [-0.15, -0.1) is 0 Å².